The van der Waals surface area contributed by atoms with E-state index in [9.17, 15) is 18.0 Å². The van der Waals surface area contributed by atoms with Crippen LogP contribution in [0.25, 0.3) is 11.3 Å². The number of hydrogen-bond acceptors (Lipinski definition) is 4. The number of ether oxygens (including phenoxy) is 1. The van der Waals surface area contributed by atoms with Gasteiger partial charge in [-0.3, -0.25) is 0 Å². The molecule has 0 radical (unpaired) electrons. The molecule has 0 saturated heterocycles. The molecule has 19 heavy (non-hydrogen) atoms. The van der Waals surface area contributed by atoms with Gasteiger partial charge in [0.25, 0.3) is 0 Å². The summed E-state index contributed by atoms with van der Waals surface area (Å²) in [6, 6.07) is 6.00. The molecule has 0 aliphatic carbocycles. The van der Waals surface area contributed by atoms with Gasteiger partial charge in [-0.1, -0.05) is 23.4 Å². The minimum absolute atomic E-state index is 0.0756. The summed E-state index contributed by atoms with van der Waals surface area (Å²) in [5.74, 6) is -1.06. The molecule has 1 aromatic carbocycles. The van der Waals surface area contributed by atoms with E-state index in [-0.39, 0.29) is 17.0 Å². The fourth-order valence-electron chi connectivity index (χ4n) is 1.55. The number of carbonyl (C=O) groups excluding carboxylic acids is 1. The van der Waals surface area contributed by atoms with E-state index in [4.69, 9.17) is 0 Å². The molecule has 2 aromatic rings. The number of esters is 1. The van der Waals surface area contributed by atoms with Crippen molar-refractivity contribution in [3.63, 3.8) is 0 Å². The maximum Gasteiger partial charge on any atom is 0.417 e. The molecule has 0 bridgehead atoms. The van der Waals surface area contributed by atoms with Crippen LogP contribution >= 0.6 is 0 Å². The number of benzene rings is 1. The van der Waals surface area contributed by atoms with Gasteiger partial charge < -0.3 is 9.26 Å². The van der Waals surface area contributed by atoms with Crippen molar-refractivity contribution in [2.24, 2.45) is 0 Å². The molecule has 0 aliphatic heterocycles. The molecule has 0 aliphatic rings. The lowest BCUT2D eigenvalue weighted by atomic mass is 10.0. The monoisotopic (exact) mass is 271 g/mol. The average molecular weight is 271 g/mol. The maximum absolute atomic E-state index is 12.8. The van der Waals surface area contributed by atoms with Crippen molar-refractivity contribution < 1.29 is 27.2 Å². The zero-order chi connectivity index (χ0) is 14.0. The Morgan fingerprint density at radius 3 is 2.63 bits per heavy atom. The van der Waals surface area contributed by atoms with E-state index in [0.29, 0.717) is 0 Å². The number of rotatable bonds is 2. The van der Waals surface area contributed by atoms with Crippen molar-refractivity contribution in [3.05, 3.63) is 41.7 Å². The first-order chi connectivity index (χ1) is 8.93. The fourth-order valence-corrected chi connectivity index (χ4v) is 1.55. The van der Waals surface area contributed by atoms with Gasteiger partial charge in [0, 0.05) is 11.6 Å². The van der Waals surface area contributed by atoms with Gasteiger partial charge in [-0.2, -0.15) is 13.2 Å². The molecule has 0 spiro atoms. The molecule has 1 heterocycles. The van der Waals surface area contributed by atoms with Gasteiger partial charge in [0.15, 0.2) is 0 Å². The molecule has 7 heteroatoms. The van der Waals surface area contributed by atoms with Crippen LogP contribution in [0, 0.1) is 0 Å². The van der Waals surface area contributed by atoms with Gasteiger partial charge in [0.05, 0.1) is 12.7 Å². The van der Waals surface area contributed by atoms with Crippen LogP contribution in [0.1, 0.15) is 16.1 Å². The number of methoxy groups -OCH3 is 1. The number of nitrogens with zero attached hydrogens (tertiary/aromatic N) is 1. The van der Waals surface area contributed by atoms with E-state index in [1.54, 1.807) is 0 Å². The van der Waals surface area contributed by atoms with Gasteiger partial charge in [-0.25, -0.2) is 4.79 Å². The van der Waals surface area contributed by atoms with Crippen LogP contribution in [-0.2, 0) is 10.9 Å². The topological polar surface area (TPSA) is 52.3 Å². The van der Waals surface area contributed by atoms with Crippen molar-refractivity contribution >= 4 is 5.97 Å². The molecular weight excluding hydrogens is 263 g/mol. The molecule has 0 amide bonds. The summed E-state index contributed by atoms with van der Waals surface area (Å²) in [6.07, 6.45) is -4.51. The Morgan fingerprint density at radius 1 is 1.32 bits per heavy atom. The highest BCUT2D eigenvalue weighted by Crippen LogP contribution is 2.36. The third-order valence-electron chi connectivity index (χ3n) is 2.41. The summed E-state index contributed by atoms with van der Waals surface area (Å²) in [4.78, 5) is 11.2. The molecule has 2 rings (SSSR count). The number of halogens is 3. The zero-order valence-electron chi connectivity index (χ0n) is 9.69. The first-order valence-corrected chi connectivity index (χ1v) is 5.15. The highest BCUT2D eigenvalue weighted by Gasteiger charge is 2.34. The Morgan fingerprint density at radius 2 is 2.00 bits per heavy atom. The number of hydrogen-bond donors (Lipinski definition) is 0. The predicted octanol–water partition coefficient (Wildman–Crippen LogP) is 3.15. The van der Waals surface area contributed by atoms with Crippen molar-refractivity contribution in [1.82, 2.24) is 5.16 Å². The van der Waals surface area contributed by atoms with E-state index >= 15 is 0 Å². The summed E-state index contributed by atoms with van der Waals surface area (Å²) >= 11 is 0. The van der Waals surface area contributed by atoms with Crippen molar-refractivity contribution in [1.29, 1.82) is 0 Å². The second-order valence-electron chi connectivity index (χ2n) is 3.61. The first kappa shape index (κ1) is 13.1. The Hall–Kier alpha value is -2.31. The molecule has 4 nitrogen and oxygen atoms in total. The quantitative estimate of drug-likeness (QED) is 0.787. The van der Waals surface area contributed by atoms with Crippen LogP contribution in [0.2, 0.25) is 0 Å². The highest BCUT2D eigenvalue weighted by molar-refractivity contribution is 5.87. The lowest BCUT2D eigenvalue weighted by Crippen LogP contribution is -2.06. The molecule has 1 aromatic heterocycles. The Balaban J connectivity index is 2.48. The third kappa shape index (κ3) is 2.59. The van der Waals surface area contributed by atoms with Crippen molar-refractivity contribution in [3.8, 4) is 11.3 Å². The largest absolute Gasteiger partial charge is 0.463 e. The van der Waals surface area contributed by atoms with Gasteiger partial charge in [0.2, 0.25) is 5.76 Å². The van der Waals surface area contributed by atoms with E-state index in [1.165, 1.54) is 18.2 Å². The molecular formula is C12H8F3NO3. The van der Waals surface area contributed by atoms with Crippen LogP contribution in [0.5, 0.6) is 0 Å². The molecule has 0 unspecified atom stereocenters. The van der Waals surface area contributed by atoms with Crippen LogP contribution in [-0.4, -0.2) is 18.2 Å². The average Bonchev–Trinajstić information content (AvgIpc) is 2.86. The van der Waals surface area contributed by atoms with Crippen LogP contribution < -0.4 is 0 Å². The molecule has 0 fully saturated rings. The highest BCUT2D eigenvalue weighted by atomic mass is 19.4. The standard InChI is InChI=1S/C12H8F3NO3/c1-18-11(17)10-6-9(16-19-10)7-4-2-3-5-8(7)12(13,14)15/h2-6H,1H3. The number of aromatic nitrogens is 1. The van der Waals surface area contributed by atoms with E-state index in [1.807, 2.05) is 0 Å². The second kappa shape index (κ2) is 4.75. The van der Waals surface area contributed by atoms with E-state index < -0.39 is 17.7 Å². The first-order valence-electron chi connectivity index (χ1n) is 5.15. The summed E-state index contributed by atoms with van der Waals surface area (Å²) in [5.41, 5.74) is -1.08. The van der Waals surface area contributed by atoms with Gasteiger partial charge >= 0.3 is 12.1 Å². The molecule has 100 valence electrons. The summed E-state index contributed by atoms with van der Waals surface area (Å²) in [7, 11) is 1.13. The normalized spacial score (nSPS) is 11.4. The summed E-state index contributed by atoms with van der Waals surface area (Å²) in [5, 5.41) is 3.45. The van der Waals surface area contributed by atoms with Gasteiger partial charge in [-0.05, 0) is 6.07 Å². The molecule has 0 N–H and O–H groups in total. The third-order valence-corrected chi connectivity index (χ3v) is 2.41. The van der Waals surface area contributed by atoms with Crippen LogP contribution in [0.3, 0.4) is 0 Å². The summed E-state index contributed by atoms with van der Waals surface area (Å²) < 4.78 is 47.5. The molecule has 0 atom stereocenters. The Labute approximate surface area is 105 Å². The van der Waals surface area contributed by atoms with Gasteiger partial charge in [0.1, 0.15) is 5.69 Å². The SMILES string of the molecule is COC(=O)c1cc(-c2ccccc2C(F)(F)F)no1. The summed E-state index contributed by atoms with van der Waals surface area (Å²) in [6.45, 7) is 0. The predicted molar refractivity (Wildman–Crippen MR) is 58.3 cm³/mol. The minimum Gasteiger partial charge on any atom is -0.463 e. The second-order valence-corrected chi connectivity index (χ2v) is 3.61. The van der Waals surface area contributed by atoms with Crippen LogP contribution in [0.15, 0.2) is 34.9 Å². The lowest BCUT2D eigenvalue weighted by molar-refractivity contribution is -0.137. The smallest absolute Gasteiger partial charge is 0.417 e. The fraction of sp³-hybridized carbons (Fsp3) is 0.167. The Bertz CT molecular complexity index is 604. The van der Waals surface area contributed by atoms with Crippen molar-refractivity contribution in [2.75, 3.05) is 7.11 Å². The van der Waals surface area contributed by atoms with Gasteiger partial charge in [-0.15, -0.1) is 0 Å². The zero-order valence-corrected chi connectivity index (χ0v) is 9.69. The Kier molecular flexibility index (Phi) is 3.28. The number of carbonyl (C=O) groups is 1. The van der Waals surface area contributed by atoms with Crippen LogP contribution in [0.4, 0.5) is 13.2 Å². The maximum atomic E-state index is 12.8. The number of alkyl halides is 3. The van der Waals surface area contributed by atoms with E-state index in [0.717, 1.165) is 19.2 Å². The minimum atomic E-state index is -4.51. The van der Waals surface area contributed by atoms with E-state index in [2.05, 4.69) is 14.4 Å². The lowest BCUT2D eigenvalue weighted by Gasteiger charge is -2.09. The molecule has 0 saturated carbocycles. The van der Waals surface area contributed by atoms with Crippen molar-refractivity contribution in [2.45, 2.75) is 6.18 Å².